The van der Waals surface area contributed by atoms with Crippen LogP contribution in [-0.4, -0.2) is 30.1 Å². The lowest BCUT2D eigenvalue weighted by atomic mass is 10.0. The van der Waals surface area contributed by atoms with Gasteiger partial charge in [-0.05, 0) is 54.3 Å². The summed E-state index contributed by atoms with van der Waals surface area (Å²) >= 11 is 0. The monoisotopic (exact) mass is 381 g/mol. The molecule has 2 rings (SSSR count). The fourth-order valence-electron chi connectivity index (χ4n) is 2.47. The molecular weight excluding hydrogens is 358 g/mol. The summed E-state index contributed by atoms with van der Waals surface area (Å²) in [5.74, 6) is 0.499. The van der Waals surface area contributed by atoms with Gasteiger partial charge in [-0.25, -0.2) is 16.8 Å². The Labute approximate surface area is 150 Å². The van der Waals surface area contributed by atoms with Gasteiger partial charge in [0.15, 0.2) is 9.84 Å². The Morgan fingerprint density at radius 1 is 0.840 bits per heavy atom. The average Bonchev–Trinajstić information content (AvgIpc) is 2.53. The van der Waals surface area contributed by atoms with Crippen LogP contribution in [0.5, 0.6) is 0 Å². The highest BCUT2D eigenvalue weighted by atomic mass is 32.2. The molecule has 5 nitrogen and oxygen atoms in total. The van der Waals surface area contributed by atoms with E-state index in [1.54, 1.807) is 12.1 Å². The number of nitrogens with zero attached hydrogens (tertiary/aromatic N) is 1. The van der Waals surface area contributed by atoms with Crippen LogP contribution in [0.25, 0.3) is 0 Å². The summed E-state index contributed by atoms with van der Waals surface area (Å²) in [5, 5.41) is 0. The number of benzene rings is 2. The van der Waals surface area contributed by atoms with Crippen LogP contribution in [0.3, 0.4) is 0 Å². The van der Waals surface area contributed by atoms with Gasteiger partial charge in [-0.2, -0.15) is 0 Å². The van der Waals surface area contributed by atoms with Gasteiger partial charge in [0, 0.05) is 13.3 Å². The summed E-state index contributed by atoms with van der Waals surface area (Å²) in [7, 11) is -5.57. The van der Waals surface area contributed by atoms with E-state index in [4.69, 9.17) is 0 Å². The van der Waals surface area contributed by atoms with Crippen molar-refractivity contribution in [3.05, 3.63) is 54.1 Å². The first-order valence-electron chi connectivity index (χ1n) is 7.90. The molecule has 0 aliphatic rings. The summed E-state index contributed by atoms with van der Waals surface area (Å²) in [6, 6.07) is 12.6. The second-order valence-electron chi connectivity index (χ2n) is 6.48. The van der Waals surface area contributed by atoms with E-state index in [0.717, 1.165) is 22.5 Å². The van der Waals surface area contributed by atoms with Crippen LogP contribution in [0.2, 0.25) is 0 Å². The third kappa shape index (κ3) is 4.61. The normalized spacial score (nSPS) is 12.4. The van der Waals surface area contributed by atoms with Crippen LogP contribution in [-0.2, 0) is 26.3 Å². The Bertz CT molecular complexity index is 930. The van der Waals surface area contributed by atoms with E-state index in [9.17, 15) is 16.8 Å². The molecule has 0 amide bonds. The molecule has 2 aromatic rings. The molecule has 0 spiro atoms. The molecule has 2 aromatic carbocycles. The predicted molar refractivity (Wildman–Crippen MR) is 100 cm³/mol. The highest BCUT2D eigenvalue weighted by molar-refractivity contribution is 7.92. The lowest BCUT2D eigenvalue weighted by Gasteiger charge is -2.20. The van der Waals surface area contributed by atoms with Gasteiger partial charge in [-0.1, -0.05) is 26.0 Å². The minimum atomic E-state index is -3.70. The van der Waals surface area contributed by atoms with E-state index >= 15 is 0 Å². The SMILES string of the molecule is CC(C)Cc1ccc(S(=O)(=O)N(C)c2ccc(S(C)(=O)=O)cc2)cc1. The van der Waals surface area contributed by atoms with E-state index in [2.05, 4.69) is 13.8 Å². The van der Waals surface area contributed by atoms with Crippen molar-refractivity contribution in [2.24, 2.45) is 5.92 Å². The van der Waals surface area contributed by atoms with E-state index < -0.39 is 19.9 Å². The van der Waals surface area contributed by atoms with Gasteiger partial charge in [0.1, 0.15) is 0 Å². The highest BCUT2D eigenvalue weighted by Crippen LogP contribution is 2.24. The first-order valence-corrected chi connectivity index (χ1v) is 11.2. The third-order valence-electron chi connectivity index (χ3n) is 3.85. The van der Waals surface area contributed by atoms with Crippen molar-refractivity contribution in [3.8, 4) is 0 Å². The topological polar surface area (TPSA) is 71.5 Å². The Hall–Kier alpha value is -1.86. The molecule has 0 N–H and O–H groups in total. The first-order chi connectivity index (χ1) is 11.5. The van der Waals surface area contributed by atoms with E-state index in [0.29, 0.717) is 11.6 Å². The molecule has 0 fully saturated rings. The maximum absolute atomic E-state index is 12.8. The molecule has 0 bridgehead atoms. The molecule has 0 aliphatic carbocycles. The average molecular weight is 382 g/mol. The fourth-order valence-corrected chi connectivity index (χ4v) is 4.30. The second kappa shape index (κ2) is 7.17. The van der Waals surface area contributed by atoms with Crippen LogP contribution in [0, 0.1) is 5.92 Å². The van der Waals surface area contributed by atoms with Gasteiger partial charge in [0.05, 0.1) is 15.5 Å². The third-order valence-corrected chi connectivity index (χ3v) is 6.78. The maximum atomic E-state index is 12.8. The van der Waals surface area contributed by atoms with Gasteiger partial charge in [-0.15, -0.1) is 0 Å². The van der Waals surface area contributed by atoms with Crippen LogP contribution in [0.4, 0.5) is 5.69 Å². The molecular formula is C18H23NO4S2. The van der Waals surface area contributed by atoms with Crippen LogP contribution in [0.1, 0.15) is 19.4 Å². The van der Waals surface area contributed by atoms with Crippen molar-refractivity contribution < 1.29 is 16.8 Å². The number of anilines is 1. The molecule has 0 unspecified atom stereocenters. The van der Waals surface area contributed by atoms with Crippen molar-refractivity contribution in [1.82, 2.24) is 0 Å². The molecule has 0 atom stereocenters. The molecule has 25 heavy (non-hydrogen) atoms. The molecule has 0 saturated carbocycles. The molecule has 0 aromatic heterocycles. The Morgan fingerprint density at radius 3 is 1.76 bits per heavy atom. The van der Waals surface area contributed by atoms with Crippen molar-refractivity contribution in [2.45, 2.75) is 30.1 Å². The summed E-state index contributed by atoms with van der Waals surface area (Å²) in [5.41, 5.74) is 1.49. The van der Waals surface area contributed by atoms with Gasteiger partial charge in [-0.3, -0.25) is 4.31 Å². The zero-order chi connectivity index (χ0) is 18.8. The lowest BCUT2D eigenvalue weighted by Crippen LogP contribution is -2.26. The molecule has 0 saturated heterocycles. The smallest absolute Gasteiger partial charge is 0.264 e. The second-order valence-corrected chi connectivity index (χ2v) is 10.5. The predicted octanol–water partition coefficient (Wildman–Crippen LogP) is 3.11. The number of hydrogen-bond acceptors (Lipinski definition) is 4. The quantitative estimate of drug-likeness (QED) is 0.771. The standard InChI is InChI=1S/C18H23NO4S2/c1-14(2)13-15-5-9-18(10-6-15)25(22,23)19(3)16-7-11-17(12-8-16)24(4,20)21/h5-12,14H,13H2,1-4H3. The summed E-state index contributed by atoms with van der Waals surface area (Å²) < 4.78 is 49.7. The molecule has 0 heterocycles. The minimum absolute atomic E-state index is 0.153. The molecule has 0 radical (unpaired) electrons. The van der Waals surface area contributed by atoms with Crippen molar-refractivity contribution >= 4 is 25.5 Å². The maximum Gasteiger partial charge on any atom is 0.264 e. The zero-order valence-corrected chi connectivity index (χ0v) is 16.4. The van der Waals surface area contributed by atoms with E-state index in [1.807, 2.05) is 12.1 Å². The number of rotatable bonds is 6. The number of hydrogen-bond donors (Lipinski definition) is 0. The Morgan fingerprint density at radius 2 is 1.32 bits per heavy atom. The van der Waals surface area contributed by atoms with Crippen molar-refractivity contribution in [1.29, 1.82) is 0 Å². The zero-order valence-electron chi connectivity index (χ0n) is 14.8. The van der Waals surface area contributed by atoms with Crippen LogP contribution < -0.4 is 4.31 Å². The summed E-state index contributed by atoms with van der Waals surface area (Å²) in [4.78, 5) is 0.356. The summed E-state index contributed by atoms with van der Waals surface area (Å²) in [6.45, 7) is 4.22. The molecule has 7 heteroatoms. The van der Waals surface area contributed by atoms with Crippen LogP contribution >= 0.6 is 0 Å². The van der Waals surface area contributed by atoms with E-state index in [1.165, 1.54) is 31.3 Å². The largest absolute Gasteiger partial charge is 0.269 e. The fraction of sp³-hybridized carbons (Fsp3) is 0.333. The van der Waals surface area contributed by atoms with Crippen molar-refractivity contribution in [3.63, 3.8) is 0 Å². The van der Waals surface area contributed by atoms with Gasteiger partial charge in [0.2, 0.25) is 0 Å². The Balaban J connectivity index is 2.29. The van der Waals surface area contributed by atoms with Crippen molar-refractivity contribution in [2.75, 3.05) is 17.6 Å². The number of sulfone groups is 1. The van der Waals surface area contributed by atoms with E-state index in [-0.39, 0.29) is 9.79 Å². The first kappa shape index (κ1) is 19.5. The summed E-state index contributed by atoms with van der Waals surface area (Å²) in [6.07, 6.45) is 2.00. The number of sulfonamides is 1. The minimum Gasteiger partial charge on any atom is -0.269 e. The highest BCUT2D eigenvalue weighted by Gasteiger charge is 2.21. The van der Waals surface area contributed by atoms with Crippen LogP contribution in [0.15, 0.2) is 58.3 Å². The lowest BCUT2D eigenvalue weighted by molar-refractivity contribution is 0.594. The molecule has 136 valence electrons. The van der Waals surface area contributed by atoms with Gasteiger partial charge < -0.3 is 0 Å². The Kier molecular flexibility index (Phi) is 5.58. The molecule has 0 aliphatic heterocycles. The van der Waals surface area contributed by atoms with Gasteiger partial charge in [0.25, 0.3) is 10.0 Å². The van der Waals surface area contributed by atoms with Gasteiger partial charge >= 0.3 is 0 Å².